The Morgan fingerprint density at radius 2 is 1.55 bits per heavy atom. The molecular weight excluding hydrogens is 368 g/mol. The summed E-state index contributed by atoms with van der Waals surface area (Å²) in [6, 6.07) is 14.9. The number of benzene rings is 2. The van der Waals surface area contributed by atoms with Gasteiger partial charge in [-0.2, -0.15) is 0 Å². The number of nitrogens with zero attached hydrogens (tertiary/aromatic N) is 2. The van der Waals surface area contributed by atoms with Gasteiger partial charge in [0.2, 0.25) is 0 Å². The van der Waals surface area contributed by atoms with E-state index in [1.165, 1.54) is 6.33 Å². The number of hydrogen-bond donors (Lipinski definition) is 3. The molecule has 3 rings (SSSR count). The Labute approximate surface area is 168 Å². The third kappa shape index (κ3) is 5.38. The molecule has 7 nitrogen and oxygen atoms in total. The van der Waals surface area contributed by atoms with Crippen molar-refractivity contribution >= 4 is 17.8 Å². The van der Waals surface area contributed by atoms with Crippen LogP contribution in [-0.2, 0) is 11.2 Å². The van der Waals surface area contributed by atoms with Gasteiger partial charge in [-0.05, 0) is 36.1 Å². The molecule has 3 aromatic rings. The minimum atomic E-state index is -0.848. The van der Waals surface area contributed by atoms with E-state index in [0.29, 0.717) is 5.82 Å². The van der Waals surface area contributed by atoms with Gasteiger partial charge in [-0.15, -0.1) is 0 Å². The molecule has 0 aliphatic carbocycles. The highest BCUT2D eigenvalue weighted by molar-refractivity contribution is 5.93. The van der Waals surface area contributed by atoms with Crippen LogP contribution in [0.2, 0.25) is 0 Å². The first-order valence-electron chi connectivity index (χ1n) is 9.21. The first-order valence-corrected chi connectivity index (χ1v) is 9.21. The van der Waals surface area contributed by atoms with Crippen LogP contribution in [0.3, 0.4) is 0 Å². The van der Waals surface area contributed by atoms with Gasteiger partial charge < -0.3 is 10.4 Å². The van der Waals surface area contributed by atoms with E-state index >= 15 is 0 Å². The maximum atomic E-state index is 12.0. The number of aromatic nitrogens is 2. The third-order valence-corrected chi connectivity index (χ3v) is 4.20. The standard InChI is InChI=1S/C22H22N4O3/c1-14(2)25-22(29)26-21-19(12-23-13-24-21)18-9-7-17(8-10-18)16-5-3-15(4-6-16)11-20(27)28/h3-10,12-14H,11H2,1-2H3,(H,27,28)(H2,23,24,25,26,29). The van der Waals surface area contributed by atoms with E-state index in [0.717, 1.165) is 27.8 Å². The van der Waals surface area contributed by atoms with Crippen LogP contribution in [0.1, 0.15) is 19.4 Å². The fraction of sp³-hybridized carbons (Fsp3) is 0.182. The maximum Gasteiger partial charge on any atom is 0.320 e. The maximum absolute atomic E-state index is 12.0. The zero-order valence-corrected chi connectivity index (χ0v) is 16.2. The van der Waals surface area contributed by atoms with Crippen LogP contribution >= 0.6 is 0 Å². The molecule has 0 saturated carbocycles. The topological polar surface area (TPSA) is 104 Å². The van der Waals surface area contributed by atoms with Gasteiger partial charge in [-0.25, -0.2) is 14.8 Å². The largest absolute Gasteiger partial charge is 0.481 e. The van der Waals surface area contributed by atoms with Gasteiger partial charge in [0.1, 0.15) is 12.1 Å². The number of rotatable bonds is 6. The van der Waals surface area contributed by atoms with Gasteiger partial charge in [0.25, 0.3) is 0 Å². The van der Waals surface area contributed by atoms with Crippen LogP contribution in [0.5, 0.6) is 0 Å². The van der Waals surface area contributed by atoms with E-state index in [2.05, 4.69) is 20.6 Å². The highest BCUT2D eigenvalue weighted by Crippen LogP contribution is 2.28. The van der Waals surface area contributed by atoms with Crippen molar-refractivity contribution in [1.29, 1.82) is 0 Å². The Balaban J connectivity index is 1.80. The molecule has 0 radical (unpaired) electrons. The quantitative estimate of drug-likeness (QED) is 0.591. The summed E-state index contributed by atoms with van der Waals surface area (Å²) in [5.41, 5.74) is 4.34. The van der Waals surface area contributed by atoms with Crippen molar-refractivity contribution in [2.75, 3.05) is 5.32 Å². The molecule has 0 bridgehead atoms. The molecule has 0 fully saturated rings. The summed E-state index contributed by atoms with van der Waals surface area (Å²) in [5.74, 6) is -0.414. The van der Waals surface area contributed by atoms with Crippen molar-refractivity contribution in [3.8, 4) is 22.3 Å². The Bertz CT molecular complexity index is 999. The first kappa shape index (κ1) is 20.0. The van der Waals surface area contributed by atoms with Crippen LogP contribution in [0.4, 0.5) is 10.6 Å². The lowest BCUT2D eigenvalue weighted by molar-refractivity contribution is -0.136. The number of carbonyl (C=O) groups excluding carboxylic acids is 1. The summed E-state index contributed by atoms with van der Waals surface area (Å²) in [6.45, 7) is 3.76. The number of hydrogen-bond acceptors (Lipinski definition) is 4. The minimum Gasteiger partial charge on any atom is -0.481 e. The Hall–Kier alpha value is -3.74. The minimum absolute atomic E-state index is 0.00733. The van der Waals surface area contributed by atoms with E-state index in [1.54, 1.807) is 6.20 Å². The molecule has 0 aliphatic heterocycles. The van der Waals surface area contributed by atoms with E-state index < -0.39 is 5.97 Å². The summed E-state index contributed by atoms with van der Waals surface area (Å²) in [7, 11) is 0. The lowest BCUT2D eigenvalue weighted by atomic mass is 10.00. The van der Waals surface area contributed by atoms with Crippen LogP contribution in [0, 0.1) is 0 Å². The van der Waals surface area contributed by atoms with Crippen LogP contribution in [-0.4, -0.2) is 33.1 Å². The molecule has 0 aliphatic rings. The van der Waals surface area contributed by atoms with Gasteiger partial charge in [0.15, 0.2) is 0 Å². The second-order valence-corrected chi connectivity index (χ2v) is 6.88. The van der Waals surface area contributed by atoms with Gasteiger partial charge in [0.05, 0.1) is 6.42 Å². The molecule has 2 amide bonds. The van der Waals surface area contributed by atoms with Gasteiger partial charge in [-0.3, -0.25) is 10.1 Å². The van der Waals surface area contributed by atoms with Crippen molar-refractivity contribution in [1.82, 2.24) is 15.3 Å². The fourth-order valence-electron chi connectivity index (χ4n) is 2.88. The molecule has 0 spiro atoms. The zero-order chi connectivity index (χ0) is 20.8. The highest BCUT2D eigenvalue weighted by atomic mass is 16.4. The first-order chi connectivity index (χ1) is 13.9. The summed E-state index contributed by atoms with van der Waals surface area (Å²) in [6.07, 6.45) is 3.06. The van der Waals surface area contributed by atoms with Crippen molar-refractivity contribution in [2.45, 2.75) is 26.3 Å². The summed E-state index contributed by atoms with van der Waals surface area (Å²) >= 11 is 0. The normalized spacial score (nSPS) is 10.6. The molecule has 1 heterocycles. The predicted molar refractivity (Wildman–Crippen MR) is 112 cm³/mol. The number of aliphatic carboxylic acids is 1. The van der Waals surface area contributed by atoms with Gasteiger partial charge in [-0.1, -0.05) is 48.5 Å². The Kier molecular flexibility index (Phi) is 6.19. The highest BCUT2D eigenvalue weighted by Gasteiger charge is 2.11. The van der Waals surface area contributed by atoms with E-state index in [4.69, 9.17) is 5.11 Å². The Morgan fingerprint density at radius 1 is 0.966 bits per heavy atom. The van der Waals surface area contributed by atoms with Gasteiger partial charge >= 0.3 is 12.0 Å². The molecule has 0 atom stereocenters. The number of carbonyl (C=O) groups is 2. The Morgan fingerprint density at radius 3 is 2.14 bits per heavy atom. The average molecular weight is 390 g/mol. The zero-order valence-electron chi connectivity index (χ0n) is 16.2. The van der Waals surface area contributed by atoms with Crippen LogP contribution in [0.15, 0.2) is 61.1 Å². The molecule has 0 saturated heterocycles. The van der Waals surface area contributed by atoms with Gasteiger partial charge in [0, 0.05) is 17.8 Å². The van der Waals surface area contributed by atoms with Crippen molar-refractivity contribution in [3.63, 3.8) is 0 Å². The summed E-state index contributed by atoms with van der Waals surface area (Å²) in [4.78, 5) is 31.1. The fourth-order valence-corrected chi connectivity index (χ4v) is 2.88. The number of nitrogens with one attached hydrogen (secondary N) is 2. The van der Waals surface area contributed by atoms with Crippen molar-refractivity contribution < 1.29 is 14.7 Å². The third-order valence-electron chi connectivity index (χ3n) is 4.20. The van der Waals surface area contributed by atoms with Crippen LogP contribution in [0.25, 0.3) is 22.3 Å². The lowest BCUT2D eigenvalue weighted by Gasteiger charge is -2.12. The lowest BCUT2D eigenvalue weighted by Crippen LogP contribution is -2.34. The van der Waals surface area contributed by atoms with E-state index in [-0.39, 0.29) is 18.5 Å². The van der Waals surface area contributed by atoms with Crippen LogP contribution < -0.4 is 10.6 Å². The summed E-state index contributed by atoms with van der Waals surface area (Å²) < 4.78 is 0. The average Bonchev–Trinajstić information content (AvgIpc) is 2.68. The smallest absolute Gasteiger partial charge is 0.320 e. The van der Waals surface area contributed by atoms with Crippen molar-refractivity contribution in [2.24, 2.45) is 0 Å². The molecule has 148 valence electrons. The SMILES string of the molecule is CC(C)NC(=O)Nc1ncncc1-c1ccc(-c2ccc(CC(=O)O)cc2)cc1. The second-order valence-electron chi connectivity index (χ2n) is 6.88. The van der Waals surface area contributed by atoms with Crippen molar-refractivity contribution in [3.05, 3.63) is 66.6 Å². The number of carboxylic acids is 1. The monoisotopic (exact) mass is 390 g/mol. The molecule has 0 unspecified atom stereocenters. The molecule has 7 heteroatoms. The van der Waals surface area contributed by atoms with E-state index in [9.17, 15) is 9.59 Å². The number of amides is 2. The molecule has 3 N–H and O–H groups in total. The molecule has 1 aromatic heterocycles. The van der Waals surface area contributed by atoms with E-state index in [1.807, 2.05) is 62.4 Å². The predicted octanol–water partition coefficient (Wildman–Crippen LogP) is 3.97. The number of carboxylic acid groups (broad SMARTS) is 1. The number of anilines is 1. The molecule has 2 aromatic carbocycles. The second kappa shape index (κ2) is 8.97. The molecular formula is C22H22N4O3. The number of urea groups is 1. The molecule has 29 heavy (non-hydrogen) atoms. The summed E-state index contributed by atoms with van der Waals surface area (Å²) in [5, 5.41) is 14.4.